The maximum absolute atomic E-state index is 12.7. The number of benzene rings is 1. The second kappa shape index (κ2) is 8.56. The van der Waals surface area contributed by atoms with Gasteiger partial charge in [-0.1, -0.05) is 0 Å². The van der Waals surface area contributed by atoms with Gasteiger partial charge in [0.25, 0.3) is 0 Å². The van der Waals surface area contributed by atoms with Crippen LogP contribution in [0.4, 0.5) is 10.1 Å². The number of nitrogens with zero attached hydrogens (tertiary/aromatic N) is 1. The van der Waals surface area contributed by atoms with Gasteiger partial charge in [0.05, 0.1) is 32.9 Å². The second-order valence-electron chi connectivity index (χ2n) is 5.84. The van der Waals surface area contributed by atoms with Crippen molar-refractivity contribution in [3.63, 3.8) is 0 Å². The first kappa shape index (κ1) is 20.3. The molecule has 0 aliphatic carbocycles. The number of carbonyl (C=O) groups is 3. The van der Waals surface area contributed by atoms with Gasteiger partial charge in [0.2, 0.25) is 17.6 Å². The Morgan fingerprint density at radius 3 is 2.30 bits per heavy atom. The van der Waals surface area contributed by atoms with Crippen LogP contribution in [0.25, 0.3) is 0 Å². The van der Waals surface area contributed by atoms with E-state index < -0.39 is 30.5 Å². The molecule has 2 amide bonds. The molecule has 1 aromatic rings. The van der Waals surface area contributed by atoms with Crippen LogP contribution < -0.4 is 24.4 Å². The van der Waals surface area contributed by atoms with Crippen molar-refractivity contribution in [2.75, 3.05) is 39.4 Å². The minimum atomic E-state index is -1.64. The normalized spacial score (nSPS) is 17.4. The van der Waals surface area contributed by atoms with E-state index in [1.807, 2.05) is 0 Å². The SMILES string of the molecule is COc1cc(N2CC(C(=O)NC(CF)C(=O)O)CC2=O)cc(OC)c1OC. The average Bonchev–Trinajstić information content (AvgIpc) is 3.06. The molecule has 1 aromatic carbocycles. The summed E-state index contributed by atoms with van der Waals surface area (Å²) in [4.78, 5) is 36.8. The maximum atomic E-state index is 12.7. The molecule has 0 bridgehead atoms. The summed E-state index contributed by atoms with van der Waals surface area (Å²) < 4.78 is 28.4. The molecular formula is C17H21FN2O7. The van der Waals surface area contributed by atoms with Gasteiger partial charge in [0.1, 0.15) is 6.67 Å². The summed E-state index contributed by atoms with van der Waals surface area (Å²) in [6, 6.07) is 1.50. The first-order valence-corrected chi connectivity index (χ1v) is 8.05. The van der Waals surface area contributed by atoms with Crippen molar-refractivity contribution in [3.05, 3.63) is 12.1 Å². The van der Waals surface area contributed by atoms with Crippen molar-refractivity contribution in [2.45, 2.75) is 12.5 Å². The highest BCUT2D eigenvalue weighted by Crippen LogP contribution is 2.42. The smallest absolute Gasteiger partial charge is 0.328 e. The molecule has 1 aliphatic heterocycles. The second-order valence-corrected chi connectivity index (χ2v) is 5.84. The summed E-state index contributed by atoms with van der Waals surface area (Å²) in [5.74, 6) is -2.26. The monoisotopic (exact) mass is 384 g/mol. The van der Waals surface area contributed by atoms with Crippen LogP contribution in [-0.2, 0) is 14.4 Å². The number of amides is 2. The fourth-order valence-corrected chi connectivity index (χ4v) is 2.81. The van der Waals surface area contributed by atoms with Crippen LogP contribution in [-0.4, -0.2) is 63.5 Å². The molecule has 0 radical (unpaired) electrons. The van der Waals surface area contributed by atoms with Crippen LogP contribution in [0.2, 0.25) is 0 Å². The summed E-state index contributed by atoms with van der Waals surface area (Å²) in [5, 5.41) is 10.9. The number of hydrogen-bond acceptors (Lipinski definition) is 6. The summed E-state index contributed by atoms with van der Waals surface area (Å²) in [6.07, 6.45) is -0.124. The number of alkyl halides is 1. The highest BCUT2D eigenvalue weighted by Gasteiger charge is 2.37. The molecular weight excluding hydrogens is 363 g/mol. The molecule has 1 fully saturated rings. The Labute approximate surface area is 155 Å². The molecule has 1 aliphatic rings. The summed E-state index contributed by atoms with van der Waals surface area (Å²) in [7, 11) is 4.32. The number of anilines is 1. The third-order valence-electron chi connectivity index (χ3n) is 4.23. The Bertz CT molecular complexity index is 715. The van der Waals surface area contributed by atoms with Crippen molar-refractivity contribution in [2.24, 2.45) is 5.92 Å². The lowest BCUT2D eigenvalue weighted by Crippen LogP contribution is -2.45. The van der Waals surface area contributed by atoms with Gasteiger partial charge in [-0.05, 0) is 0 Å². The fourth-order valence-electron chi connectivity index (χ4n) is 2.81. The van der Waals surface area contributed by atoms with Gasteiger partial charge in [-0.25, -0.2) is 9.18 Å². The van der Waals surface area contributed by atoms with Crippen LogP contribution in [0, 0.1) is 5.92 Å². The molecule has 2 unspecified atom stereocenters. The van der Waals surface area contributed by atoms with E-state index in [1.165, 1.54) is 26.2 Å². The molecule has 27 heavy (non-hydrogen) atoms. The number of hydrogen-bond donors (Lipinski definition) is 2. The Balaban J connectivity index is 2.22. The number of methoxy groups -OCH3 is 3. The molecule has 0 spiro atoms. The van der Waals surface area contributed by atoms with Crippen molar-refractivity contribution in [3.8, 4) is 17.2 Å². The molecule has 1 heterocycles. The van der Waals surface area contributed by atoms with Crippen molar-refractivity contribution in [1.29, 1.82) is 0 Å². The van der Waals surface area contributed by atoms with E-state index in [0.717, 1.165) is 0 Å². The van der Waals surface area contributed by atoms with Crippen molar-refractivity contribution >= 4 is 23.5 Å². The quantitative estimate of drug-likeness (QED) is 0.675. The Morgan fingerprint density at radius 1 is 1.26 bits per heavy atom. The first-order valence-electron chi connectivity index (χ1n) is 8.05. The van der Waals surface area contributed by atoms with Gasteiger partial charge in [0.15, 0.2) is 17.5 Å². The third-order valence-corrected chi connectivity index (χ3v) is 4.23. The molecule has 148 valence electrons. The standard InChI is InChI=1S/C17H21FN2O7/c1-25-12-5-10(6-13(26-2)15(12)27-3)20-8-9(4-14(20)21)16(22)19-11(7-18)17(23)24/h5-6,9,11H,4,7-8H2,1-3H3,(H,19,22)(H,23,24). The molecule has 2 atom stereocenters. The van der Waals surface area contributed by atoms with E-state index in [2.05, 4.69) is 5.32 Å². The lowest BCUT2D eigenvalue weighted by atomic mass is 10.1. The predicted molar refractivity (Wildman–Crippen MR) is 92.1 cm³/mol. The average molecular weight is 384 g/mol. The summed E-state index contributed by atoms with van der Waals surface area (Å²) in [6.45, 7) is -1.22. The molecule has 1 saturated heterocycles. The zero-order valence-electron chi connectivity index (χ0n) is 15.2. The zero-order valence-corrected chi connectivity index (χ0v) is 15.2. The third kappa shape index (κ3) is 4.21. The number of carboxylic acids is 1. The predicted octanol–water partition coefficient (Wildman–Crippen LogP) is 0.604. The van der Waals surface area contributed by atoms with Gasteiger partial charge in [-0.15, -0.1) is 0 Å². The number of nitrogens with one attached hydrogen (secondary N) is 1. The van der Waals surface area contributed by atoms with Crippen LogP contribution >= 0.6 is 0 Å². The molecule has 0 aromatic heterocycles. The van der Waals surface area contributed by atoms with Gasteiger partial charge in [-0.2, -0.15) is 0 Å². The highest BCUT2D eigenvalue weighted by atomic mass is 19.1. The number of halogens is 1. The van der Waals surface area contributed by atoms with Crippen molar-refractivity contribution in [1.82, 2.24) is 5.32 Å². The minimum Gasteiger partial charge on any atom is -0.493 e. The van der Waals surface area contributed by atoms with Gasteiger partial charge < -0.3 is 29.5 Å². The molecule has 2 rings (SSSR count). The molecule has 2 N–H and O–H groups in total. The molecule has 9 nitrogen and oxygen atoms in total. The maximum Gasteiger partial charge on any atom is 0.328 e. The molecule has 10 heteroatoms. The van der Waals surface area contributed by atoms with E-state index in [1.54, 1.807) is 12.1 Å². The lowest BCUT2D eigenvalue weighted by Gasteiger charge is -2.20. The first-order chi connectivity index (χ1) is 12.9. The number of rotatable bonds is 8. The number of ether oxygens (including phenoxy) is 3. The number of aliphatic carboxylic acids is 1. The largest absolute Gasteiger partial charge is 0.493 e. The van der Waals surface area contributed by atoms with E-state index in [0.29, 0.717) is 22.9 Å². The van der Waals surface area contributed by atoms with Crippen LogP contribution in [0.15, 0.2) is 12.1 Å². The van der Waals surface area contributed by atoms with E-state index in [4.69, 9.17) is 19.3 Å². The van der Waals surface area contributed by atoms with Crippen LogP contribution in [0.1, 0.15) is 6.42 Å². The van der Waals surface area contributed by atoms with Crippen molar-refractivity contribution < 1.29 is 38.1 Å². The Morgan fingerprint density at radius 2 is 1.85 bits per heavy atom. The summed E-state index contributed by atoms with van der Waals surface area (Å²) in [5.41, 5.74) is 0.435. The van der Waals surface area contributed by atoms with E-state index in [9.17, 15) is 18.8 Å². The number of carbonyl (C=O) groups excluding carboxylic acids is 2. The van der Waals surface area contributed by atoms with Gasteiger partial charge in [0, 0.05) is 25.1 Å². The Kier molecular flexibility index (Phi) is 6.43. The summed E-state index contributed by atoms with van der Waals surface area (Å²) >= 11 is 0. The topological polar surface area (TPSA) is 114 Å². The van der Waals surface area contributed by atoms with Crippen LogP contribution in [0.3, 0.4) is 0 Å². The van der Waals surface area contributed by atoms with Gasteiger partial charge >= 0.3 is 5.97 Å². The van der Waals surface area contributed by atoms with E-state index in [-0.39, 0.29) is 18.9 Å². The van der Waals surface area contributed by atoms with Gasteiger partial charge in [-0.3, -0.25) is 9.59 Å². The lowest BCUT2D eigenvalue weighted by molar-refractivity contribution is -0.142. The molecule has 0 saturated carbocycles. The number of carboxylic acid groups (broad SMARTS) is 1. The van der Waals surface area contributed by atoms with E-state index >= 15 is 0 Å². The Hall–Kier alpha value is -3.04. The zero-order chi connectivity index (χ0) is 20.1. The minimum absolute atomic E-state index is 0.0158. The fraction of sp³-hybridized carbons (Fsp3) is 0.471. The van der Waals surface area contributed by atoms with Crippen LogP contribution in [0.5, 0.6) is 17.2 Å². The highest BCUT2D eigenvalue weighted by molar-refractivity contribution is 6.01.